The Balaban J connectivity index is 2.75. The highest BCUT2D eigenvalue weighted by Gasteiger charge is 2.12. The van der Waals surface area contributed by atoms with E-state index in [1.54, 1.807) is 24.1 Å². The SMILES string of the molecule is CNC(=O)CN(CCO)Cc1cc(Br)ccc1F. The number of aliphatic hydroxyl groups excluding tert-OH is 1. The van der Waals surface area contributed by atoms with Crippen LogP contribution in [0.4, 0.5) is 4.39 Å². The third kappa shape index (κ3) is 4.72. The fraction of sp³-hybridized carbons (Fsp3) is 0.417. The Hall–Kier alpha value is -0.980. The van der Waals surface area contributed by atoms with Crippen LogP contribution in [-0.4, -0.2) is 42.7 Å². The summed E-state index contributed by atoms with van der Waals surface area (Å²) in [7, 11) is 1.54. The second-order valence-electron chi connectivity index (χ2n) is 3.84. The second-order valence-corrected chi connectivity index (χ2v) is 4.76. The molecule has 0 aliphatic heterocycles. The minimum atomic E-state index is -0.321. The molecule has 0 fully saturated rings. The van der Waals surface area contributed by atoms with Gasteiger partial charge in [0.25, 0.3) is 0 Å². The summed E-state index contributed by atoms with van der Waals surface area (Å²) in [5.74, 6) is -0.489. The summed E-state index contributed by atoms with van der Waals surface area (Å²) in [5, 5.41) is 11.4. The van der Waals surface area contributed by atoms with E-state index in [4.69, 9.17) is 5.11 Å². The van der Waals surface area contributed by atoms with E-state index in [0.29, 0.717) is 12.1 Å². The van der Waals surface area contributed by atoms with E-state index in [9.17, 15) is 9.18 Å². The summed E-state index contributed by atoms with van der Waals surface area (Å²) >= 11 is 3.28. The number of carbonyl (C=O) groups excluding carboxylic acids is 1. The van der Waals surface area contributed by atoms with Crippen LogP contribution < -0.4 is 5.32 Å². The number of amides is 1. The van der Waals surface area contributed by atoms with Gasteiger partial charge >= 0.3 is 0 Å². The molecule has 2 N–H and O–H groups in total. The maximum absolute atomic E-state index is 13.6. The molecule has 0 aliphatic rings. The third-order valence-electron chi connectivity index (χ3n) is 2.46. The quantitative estimate of drug-likeness (QED) is 0.826. The standard InChI is InChI=1S/C12H16BrFN2O2/c1-15-12(18)8-16(4-5-17)7-9-6-10(13)2-3-11(9)14/h2-3,6,17H,4-5,7-8H2,1H3,(H,15,18). The zero-order chi connectivity index (χ0) is 13.5. The summed E-state index contributed by atoms with van der Waals surface area (Å²) in [5.41, 5.74) is 0.488. The molecule has 0 radical (unpaired) electrons. The Morgan fingerprint density at radius 1 is 1.56 bits per heavy atom. The number of nitrogens with one attached hydrogen (secondary N) is 1. The van der Waals surface area contributed by atoms with Gasteiger partial charge in [0.15, 0.2) is 0 Å². The maximum atomic E-state index is 13.6. The molecule has 6 heteroatoms. The van der Waals surface area contributed by atoms with Gasteiger partial charge in [-0.05, 0) is 18.2 Å². The van der Waals surface area contributed by atoms with Gasteiger partial charge in [0, 0.05) is 30.2 Å². The van der Waals surface area contributed by atoms with Crippen molar-refractivity contribution in [3.8, 4) is 0 Å². The number of aliphatic hydroxyl groups is 1. The molecule has 0 atom stereocenters. The van der Waals surface area contributed by atoms with Crippen LogP contribution in [0.1, 0.15) is 5.56 Å². The van der Waals surface area contributed by atoms with Crippen LogP contribution in [0, 0.1) is 5.82 Å². The number of likely N-dealkylation sites (N-methyl/N-ethyl adjacent to an activating group) is 1. The third-order valence-corrected chi connectivity index (χ3v) is 2.96. The van der Waals surface area contributed by atoms with Gasteiger partial charge in [-0.15, -0.1) is 0 Å². The highest BCUT2D eigenvalue weighted by Crippen LogP contribution is 2.17. The van der Waals surface area contributed by atoms with Gasteiger partial charge in [0.1, 0.15) is 5.82 Å². The minimum absolute atomic E-state index is 0.0768. The molecular formula is C12H16BrFN2O2. The Morgan fingerprint density at radius 3 is 2.89 bits per heavy atom. The Morgan fingerprint density at radius 2 is 2.28 bits per heavy atom. The molecule has 1 aromatic carbocycles. The van der Waals surface area contributed by atoms with Crippen LogP contribution in [0.25, 0.3) is 0 Å². The van der Waals surface area contributed by atoms with Crippen LogP contribution >= 0.6 is 15.9 Å². The summed E-state index contributed by atoms with van der Waals surface area (Å²) in [6, 6.07) is 4.66. The van der Waals surface area contributed by atoms with E-state index in [-0.39, 0.29) is 31.4 Å². The molecule has 0 bridgehead atoms. The van der Waals surface area contributed by atoms with Gasteiger partial charge in [-0.25, -0.2) is 4.39 Å². The summed E-state index contributed by atoms with van der Waals surface area (Å²) in [6.07, 6.45) is 0. The van der Waals surface area contributed by atoms with E-state index in [0.717, 1.165) is 4.47 Å². The summed E-state index contributed by atoms with van der Waals surface area (Å²) in [6.45, 7) is 0.647. The zero-order valence-corrected chi connectivity index (χ0v) is 11.7. The number of hydrogen-bond acceptors (Lipinski definition) is 3. The van der Waals surface area contributed by atoms with Crippen molar-refractivity contribution in [3.05, 3.63) is 34.1 Å². The molecule has 0 spiro atoms. The number of rotatable bonds is 6. The fourth-order valence-corrected chi connectivity index (χ4v) is 1.95. The molecule has 0 saturated heterocycles. The molecule has 0 unspecified atom stereocenters. The lowest BCUT2D eigenvalue weighted by molar-refractivity contribution is -0.122. The van der Waals surface area contributed by atoms with Crippen LogP contribution in [0.3, 0.4) is 0 Å². The molecule has 0 heterocycles. The van der Waals surface area contributed by atoms with Crippen molar-refractivity contribution in [2.45, 2.75) is 6.54 Å². The van der Waals surface area contributed by atoms with Crippen molar-refractivity contribution in [2.24, 2.45) is 0 Å². The largest absolute Gasteiger partial charge is 0.395 e. The van der Waals surface area contributed by atoms with Crippen LogP contribution in [0.15, 0.2) is 22.7 Å². The summed E-state index contributed by atoms with van der Waals surface area (Å²) < 4.78 is 14.4. The van der Waals surface area contributed by atoms with Gasteiger partial charge < -0.3 is 10.4 Å². The molecular weight excluding hydrogens is 303 g/mol. The maximum Gasteiger partial charge on any atom is 0.233 e. The van der Waals surface area contributed by atoms with Gasteiger partial charge in [0.05, 0.1) is 13.2 Å². The number of carbonyl (C=O) groups is 1. The monoisotopic (exact) mass is 318 g/mol. The second kappa shape index (κ2) is 7.45. The van der Waals surface area contributed by atoms with Crippen LogP contribution in [0.2, 0.25) is 0 Å². The average molecular weight is 319 g/mol. The van der Waals surface area contributed by atoms with Gasteiger partial charge in [-0.2, -0.15) is 0 Å². The highest BCUT2D eigenvalue weighted by molar-refractivity contribution is 9.10. The zero-order valence-electron chi connectivity index (χ0n) is 10.1. The molecule has 4 nitrogen and oxygen atoms in total. The van der Waals surface area contributed by atoms with Crippen molar-refractivity contribution in [1.29, 1.82) is 0 Å². The Kier molecular flexibility index (Phi) is 6.24. The predicted octanol–water partition coefficient (Wildman–Crippen LogP) is 1.13. The van der Waals surface area contributed by atoms with Crippen molar-refractivity contribution in [1.82, 2.24) is 10.2 Å². The molecule has 1 aromatic rings. The smallest absolute Gasteiger partial charge is 0.233 e. The van der Waals surface area contributed by atoms with Crippen molar-refractivity contribution >= 4 is 21.8 Å². The van der Waals surface area contributed by atoms with Crippen molar-refractivity contribution < 1.29 is 14.3 Å². The lowest BCUT2D eigenvalue weighted by Gasteiger charge is -2.20. The van der Waals surface area contributed by atoms with E-state index < -0.39 is 0 Å². The molecule has 1 rings (SSSR count). The average Bonchev–Trinajstić information content (AvgIpc) is 2.34. The van der Waals surface area contributed by atoms with E-state index in [1.165, 1.54) is 6.07 Å². The number of benzene rings is 1. The lowest BCUT2D eigenvalue weighted by Crippen LogP contribution is -2.37. The Bertz CT molecular complexity index is 415. The van der Waals surface area contributed by atoms with Gasteiger partial charge in [-0.1, -0.05) is 15.9 Å². The molecule has 18 heavy (non-hydrogen) atoms. The first-order valence-electron chi connectivity index (χ1n) is 5.54. The molecule has 0 aliphatic carbocycles. The highest BCUT2D eigenvalue weighted by atomic mass is 79.9. The van der Waals surface area contributed by atoms with Crippen LogP contribution in [0.5, 0.6) is 0 Å². The van der Waals surface area contributed by atoms with Gasteiger partial charge in [-0.3, -0.25) is 9.69 Å². The van der Waals surface area contributed by atoms with E-state index in [2.05, 4.69) is 21.2 Å². The lowest BCUT2D eigenvalue weighted by atomic mass is 10.2. The fourth-order valence-electron chi connectivity index (χ4n) is 1.54. The van der Waals surface area contributed by atoms with E-state index in [1.807, 2.05) is 0 Å². The summed E-state index contributed by atoms with van der Waals surface area (Å²) in [4.78, 5) is 13.0. The Labute approximate surface area is 114 Å². The molecule has 0 aromatic heterocycles. The predicted molar refractivity (Wildman–Crippen MR) is 70.5 cm³/mol. The number of nitrogens with zero attached hydrogens (tertiary/aromatic N) is 1. The number of halogens is 2. The topological polar surface area (TPSA) is 52.6 Å². The van der Waals surface area contributed by atoms with Gasteiger partial charge in [0.2, 0.25) is 5.91 Å². The molecule has 100 valence electrons. The molecule has 1 amide bonds. The molecule has 0 saturated carbocycles. The first kappa shape index (κ1) is 15.1. The number of hydrogen-bond donors (Lipinski definition) is 2. The first-order chi connectivity index (χ1) is 8.56. The minimum Gasteiger partial charge on any atom is -0.395 e. The van der Waals surface area contributed by atoms with Crippen molar-refractivity contribution in [2.75, 3.05) is 26.7 Å². The first-order valence-corrected chi connectivity index (χ1v) is 6.34. The van der Waals surface area contributed by atoms with E-state index >= 15 is 0 Å². The normalized spacial score (nSPS) is 10.7. The van der Waals surface area contributed by atoms with Crippen molar-refractivity contribution in [3.63, 3.8) is 0 Å². The van der Waals surface area contributed by atoms with Crippen LogP contribution in [-0.2, 0) is 11.3 Å².